The van der Waals surface area contributed by atoms with Gasteiger partial charge in [0.25, 0.3) is 0 Å². The Balaban J connectivity index is 1.50. The van der Waals surface area contributed by atoms with E-state index in [1.54, 1.807) is 12.0 Å². The van der Waals surface area contributed by atoms with Crippen LogP contribution in [0, 0.1) is 12.3 Å². The van der Waals surface area contributed by atoms with E-state index in [4.69, 9.17) is 9.47 Å². The highest BCUT2D eigenvalue weighted by molar-refractivity contribution is 6.15. The molecule has 0 aliphatic carbocycles. The number of para-hydroxylation sites is 2. The Labute approximate surface area is 207 Å². The average Bonchev–Trinajstić information content (AvgIpc) is 3.22. The van der Waals surface area contributed by atoms with Crippen molar-refractivity contribution in [3.63, 3.8) is 0 Å². The molecule has 0 unspecified atom stereocenters. The molecule has 1 amide bonds. The van der Waals surface area contributed by atoms with E-state index < -0.39 is 5.41 Å². The molecule has 4 rings (SSSR count). The Morgan fingerprint density at radius 3 is 2.40 bits per heavy atom. The Morgan fingerprint density at radius 1 is 0.943 bits per heavy atom. The normalized spacial score (nSPS) is 17.5. The van der Waals surface area contributed by atoms with Crippen LogP contribution in [0.25, 0.3) is 0 Å². The Kier molecular flexibility index (Phi) is 7.98. The van der Waals surface area contributed by atoms with Gasteiger partial charge in [-0.1, -0.05) is 72.3 Å². The van der Waals surface area contributed by atoms with E-state index in [2.05, 4.69) is 0 Å². The van der Waals surface area contributed by atoms with E-state index in [9.17, 15) is 9.59 Å². The van der Waals surface area contributed by atoms with Gasteiger partial charge < -0.3 is 14.4 Å². The molecule has 5 heteroatoms. The van der Waals surface area contributed by atoms with Crippen molar-refractivity contribution >= 4 is 17.4 Å². The van der Waals surface area contributed by atoms with Gasteiger partial charge in [0.1, 0.15) is 11.2 Å². The third-order valence-electron chi connectivity index (χ3n) is 6.82. The molecule has 1 heterocycles. The molecule has 1 fully saturated rings. The maximum absolute atomic E-state index is 13.9. The quantitative estimate of drug-likeness (QED) is 0.272. The lowest BCUT2D eigenvalue weighted by Gasteiger charge is -2.27. The van der Waals surface area contributed by atoms with E-state index in [0.29, 0.717) is 50.5 Å². The Hall–Kier alpha value is -3.44. The molecule has 0 N–H and O–H groups in total. The summed E-state index contributed by atoms with van der Waals surface area (Å²) < 4.78 is 11.4. The van der Waals surface area contributed by atoms with Crippen molar-refractivity contribution in [1.82, 2.24) is 0 Å². The number of Topliss-reactive ketones (excluding diaryl/α,β-unsaturated/α-hetero) is 1. The molecular weight excluding hydrogens is 438 g/mol. The number of methoxy groups -OCH3 is 1. The number of hydrogen-bond acceptors (Lipinski definition) is 4. The highest BCUT2D eigenvalue weighted by Gasteiger charge is 2.52. The zero-order valence-electron chi connectivity index (χ0n) is 20.5. The monoisotopic (exact) mass is 471 g/mol. The predicted octanol–water partition coefficient (Wildman–Crippen LogP) is 5.54. The van der Waals surface area contributed by atoms with Gasteiger partial charge in [0.15, 0.2) is 5.78 Å². The molecule has 0 spiro atoms. The van der Waals surface area contributed by atoms with E-state index in [-0.39, 0.29) is 18.1 Å². The highest BCUT2D eigenvalue weighted by atomic mass is 16.5. The fraction of sp³-hybridized carbons (Fsp3) is 0.333. The lowest BCUT2D eigenvalue weighted by molar-refractivity contribution is -0.138. The van der Waals surface area contributed by atoms with Crippen LogP contribution >= 0.6 is 0 Å². The molecule has 0 aromatic heterocycles. The molecule has 182 valence electrons. The molecule has 1 aliphatic rings. The summed E-state index contributed by atoms with van der Waals surface area (Å²) >= 11 is 0. The summed E-state index contributed by atoms with van der Waals surface area (Å²) in [6.07, 6.45) is 1.85. The van der Waals surface area contributed by atoms with Crippen LogP contribution < -0.4 is 9.64 Å². The molecule has 1 atom stereocenters. The minimum absolute atomic E-state index is 0.0215. The zero-order chi connectivity index (χ0) is 24.7. The van der Waals surface area contributed by atoms with E-state index in [0.717, 1.165) is 16.7 Å². The van der Waals surface area contributed by atoms with Crippen molar-refractivity contribution < 1.29 is 19.1 Å². The topological polar surface area (TPSA) is 55.8 Å². The first-order valence-corrected chi connectivity index (χ1v) is 12.2. The SMILES string of the molecule is COc1ccccc1N1CC[C@@](CCCOCc2ccccc2)(C(=O)Cc2ccc(C)cc2)C1=O. The first-order valence-electron chi connectivity index (χ1n) is 12.2. The van der Waals surface area contributed by atoms with Gasteiger partial charge in [-0.3, -0.25) is 9.59 Å². The number of anilines is 1. The van der Waals surface area contributed by atoms with Crippen molar-refractivity contribution in [3.05, 3.63) is 95.6 Å². The van der Waals surface area contributed by atoms with Gasteiger partial charge in [0.2, 0.25) is 5.91 Å². The number of nitrogens with zero attached hydrogens (tertiary/aromatic N) is 1. The lowest BCUT2D eigenvalue weighted by atomic mass is 9.75. The summed E-state index contributed by atoms with van der Waals surface area (Å²) in [7, 11) is 1.60. The first kappa shape index (κ1) is 24.7. The van der Waals surface area contributed by atoms with Crippen LogP contribution in [0.15, 0.2) is 78.9 Å². The minimum Gasteiger partial charge on any atom is -0.495 e. The van der Waals surface area contributed by atoms with Crippen LogP contribution in [-0.2, 0) is 27.4 Å². The van der Waals surface area contributed by atoms with Gasteiger partial charge >= 0.3 is 0 Å². The predicted molar refractivity (Wildman–Crippen MR) is 138 cm³/mol. The van der Waals surface area contributed by atoms with E-state index >= 15 is 0 Å². The number of hydrogen-bond donors (Lipinski definition) is 0. The number of carbonyl (C=O) groups is 2. The number of amides is 1. The summed E-state index contributed by atoms with van der Waals surface area (Å²) in [6, 6.07) is 25.4. The van der Waals surface area contributed by atoms with Gasteiger partial charge in [-0.25, -0.2) is 0 Å². The van der Waals surface area contributed by atoms with Gasteiger partial charge in [-0.2, -0.15) is 0 Å². The molecule has 0 bridgehead atoms. The maximum atomic E-state index is 13.9. The fourth-order valence-corrected chi connectivity index (χ4v) is 4.78. The average molecular weight is 472 g/mol. The molecule has 0 radical (unpaired) electrons. The summed E-state index contributed by atoms with van der Waals surface area (Å²) in [4.78, 5) is 29.3. The van der Waals surface area contributed by atoms with Crippen molar-refractivity contribution in [1.29, 1.82) is 0 Å². The molecule has 5 nitrogen and oxygen atoms in total. The molecule has 3 aromatic rings. The summed E-state index contributed by atoms with van der Waals surface area (Å²) in [5.74, 6) is 0.475. The fourth-order valence-electron chi connectivity index (χ4n) is 4.78. The van der Waals surface area contributed by atoms with Crippen LogP contribution in [0.3, 0.4) is 0 Å². The van der Waals surface area contributed by atoms with Crippen molar-refractivity contribution in [2.24, 2.45) is 5.41 Å². The molecule has 0 saturated carbocycles. The van der Waals surface area contributed by atoms with Crippen LogP contribution in [-0.4, -0.2) is 32.0 Å². The number of benzene rings is 3. The highest BCUT2D eigenvalue weighted by Crippen LogP contribution is 2.43. The second-order valence-corrected chi connectivity index (χ2v) is 9.19. The number of ketones is 1. The van der Waals surface area contributed by atoms with Crippen LogP contribution in [0.1, 0.15) is 36.0 Å². The van der Waals surface area contributed by atoms with Crippen LogP contribution in [0.5, 0.6) is 5.75 Å². The Morgan fingerprint density at radius 2 is 1.66 bits per heavy atom. The Bertz CT molecular complexity index is 1140. The number of aryl methyl sites for hydroxylation is 1. The first-order chi connectivity index (χ1) is 17.0. The molecule has 1 saturated heterocycles. The van der Waals surface area contributed by atoms with Crippen LogP contribution in [0.2, 0.25) is 0 Å². The molecule has 35 heavy (non-hydrogen) atoms. The molecule has 3 aromatic carbocycles. The standard InChI is InChI=1S/C30H33NO4/c1-23-13-15-24(16-14-23)21-28(32)30(17-8-20-35-22-25-9-4-3-5-10-25)18-19-31(29(30)33)26-11-6-7-12-27(26)34-2/h3-7,9-16H,8,17-22H2,1-2H3/t30-/m0/s1. The minimum atomic E-state index is -1.05. The molecule has 1 aliphatic heterocycles. The summed E-state index contributed by atoms with van der Waals surface area (Å²) in [6.45, 7) is 3.53. The van der Waals surface area contributed by atoms with E-state index in [1.807, 2.05) is 85.8 Å². The number of carbonyl (C=O) groups excluding carboxylic acids is 2. The number of ether oxygens (including phenoxy) is 2. The largest absolute Gasteiger partial charge is 0.495 e. The molecular formula is C30H33NO4. The lowest BCUT2D eigenvalue weighted by Crippen LogP contribution is -2.42. The maximum Gasteiger partial charge on any atom is 0.240 e. The summed E-state index contributed by atoms with van der Waals surface area (Å²) in [5.41, 5.74) is 2.85. The van der Waals surface area contributed by atoms with Gasteiger partial charge in [-0.15, -0.1) is 0 Å². The second kappa shape index (κ2) is 11.3. The third-order valence-corrected chi connectivity index (χ3v) is 6.82. The smallest absolute Gasteiger partial charge is 0.240 e. The summed E-state index contributed by atoms with van der Waals surface area (Å²) in [5, 5.41) is 0. The zero-order valence-corrected chi connectivity index (χ0v) is 20.5. The van der Waals surface area contributed by atoms with Crippen molar-refractivity contribution in [2.75, 3.05) is 25.2 Å². The van der Waals surface area contributed by atoms with Gasteiger partial charge in [0, 0.05) is 19.6 Å². The van der Waals surface area contributed by atoms with Gasteiger partial charge in [-0.05, 0) is 49.4 Å². The second-order valence-electron chi connectivity index (χ2n) is 9.19. The van der Waals surface area contributed by atoms with Crippen molar-refractivity contribution in [2.45, 2.75) is 39.2 Å². The van der Waals surface area contributed by atoms with Gasteiger partial charge in [0.05, 0.1) is 19.4 Å². The van der Waals surface area contributed by atoms with Crippen LogP contribution in [0.4, 0.5) is 5.69 Å². The van der Waals surface area contributed by atoms with E-state index in [1.165, 1.54) is 0 Å². The van der Waals surface area contributed by atoms with Crippen molar-refractivity contribution in [3.8, 4) is 5.75 Å². The third kappa shape index (κ3) is 5.63. The number of rotatable bonds is 11.